The van der Waals surface area contributed by atoms with Crippen molar-refractivity contribution in [2.24, 2.45) is 0 Å². The quantitative estimate of drug-likeness (QED) is 0.823. The maximum Gasteiger partial charge on any atom is 0.240 e. The highest BCUT2D eigenvalue weighted by Gasteiger charge is 2.12. The van der Waals surface area contributed by atoms with Crippen LogP contribution in [0.25, 0.3) is 0 Å². The molecule has 0 radical (unpaired) electrons. The first-order valence-corrected chi connectivity index (χ1v) is 9.26. The van der Waals surface area contributed by atoms with Crippen molar-refractivity contribution in [2.45, 2.75) is 31.2 Å². The highest BCUT2D eigenvalue weighted by Crippen LogP contribution is 2.17. The van der Waals surface area contributed by atoms with E-state index in [9.17, 15) is 8.42 Å². The Hall–Kier alpha value is -1.37. The standard InChI is InChI=1S/C15H20N2O2S2/c1-3-16-21(18,19)15-8-6-13(7-9-15)17-12(2)11-14-5-4-10-20-14/h4-10,12,16-17H,3,11H2,1-2H3. The van der Waals surface area contributed by atoms with Crippen molar-refractivity contribution < 1.29 is 8.42 Å². The molecular weight excluding hydrogens is 304 g/mol. The second-order valence-corrected chi connectivity index (χ2v) is 7.65. The number of sulfonamides is 1. The number of hydrogen-bond donors (Lipinski definition) is 2. The van der Waals surface area contributed by atoms with Crippen LogP contribution in [0.4, 0.5) is 5.69 Å². The molecule has 114 valence electrons. The van der Waals surface area contributed by atoms with Gasteiger partial charge < -0.3 is 5.32 Å². The summed E-state index contributed by atoms with van der Waals surface area (Å²) < 4.78 is 26.2. The molecule has 1 aromatic carbocycles. The lowest BCUT2D eigenvalue weighted by molar-refractivity contribution is 0.584. The Kier molecular flexibility index (Phi) is 5.39. The molecule has 1 aromatic heterocycles. The summed E-state index contributed by atoms with van der Waals surface area (Å²) in [4.78, 5) is 1.63. The largest absolute Gasteiger partial charge is 0.382 e. The summed E-state index contributed by atoms with van der Waals surface area (Å²) in [6, 6.07) is 11.3. The lowest BCUT2D eigenvalue weighted by atomic mass is 10.2. The summed E-state index contributed by atoms with van der Waals surface area (Å²) >= 11 is 1.75. The lowest BCUT2D eigenvalue weighted by Crippen LogP contribution is -2.23. The third-order valence-electron chi connectivity index (χ3n) is 3.00. The zero-order chi connectivity index (χ0) is 15.3. The van der Waals surface area contributed by atoms with Crippen LogP contribution in [0.1, 0.15) is 18.7 Å². The van der Waals surface area contributed by atoms with Crippen molar-refractivity contribution in [3.63, 3.8) is 0 Å². The molecular formula is C15H20N2O2S2. The van der Waals surface area contributed by atoms with Crippen LogP contribution in [0.15, 0.2) is 46.7 Å². The second kappa shape index (κ2) is 7.06. The van der Waals surface area contributed by atoms with Gasteiger partial charge in [0.1, 0.15) is 0 Å². The van der Waals surface area contributed by atoms with Crippen LogP contribution in [0.2, 0.25) is 0 Å². The zero-order valence-corrected chi connectivity index (χ0v) is 13.8. The van der Waals surface area contributed by atoms with Crippen molar-refractivity contribution in [1.29, 1.82) is 0 Å². The fraction of sp³-hybridized carbons (Fsp3) is 0.333. The predicted molar refractivity (Wildman–Crippen MR) is 88.4 cm³/mol. The smallest absolute Gasteiger partial charge is 0.240 e. The van der Waals surface area contributed by atoms with Crippen LogP contribution in [0, 0.1) is 0 Å². The number of thiophene rings is 1. The van der Waals surface area contributed by atoms with E-state index in [1.807, 2.05) is 6.07 Å². The molecule has 21 heavy (non-hydrogen) atoms. The van der Waals surface area contributed by atoms with E-state index < -0.39 is 10.0 Å². The van der Waals surface area contributed by atoms with Crippen LogP contribution >= 0.6 is 11.3 Å². The van der Waals surface area contributed by atoms with Crippen LogP contribution in [0.5, 0.6) is 0 Å². The molecule has 0 spiro atoms. The molecule has 2 N–H and O–H groups in total. The number of nitrogens with one attached hydrogen (secondary N) is 2. The van der Waals surface area contributed by atoms with E-state index in [1.54, 1.807) is 42.5 Å². The highest BCUT2D eigenvalue weighted by molar-refractivity contribution is 7.89. The zero-order valence-electron chi connectivity index (χ0n) is 12.2. The van der Waals surface area contributed by atoms with Crippen molar-refractivity contribution >= 4 is 27.0 Å². The molecule has 1 atom stereocenters. The first-order valence-electron chi connectivity index (χ1n) is 6.90. The number of benzene rings is 1. The molecule has 0 aliphatic heterocycles. The van der Waals surface area contributed by atoms with Gasteiger partial charge in [-0.05, 0) is 42.6 Å². The fourth-order valence-electron chi connectivity index (χ4n) is 2.07. The molecule has 0 aliphatic carbocycles. The molecule has 1 unspecified atom stereocenters. The molecule has 0 saturated heterocycles. The Morgan fingerprint density at radius 1 is 1.19 bits per heavy atom. The number of rotatable bonds is 7. The van der Waals surface area contributed by atoms with Gasteiger partial charge in [-0.25, -0.2) is 13.1 Å². The molecule has 2 aromatic rings. The second-order valence-electron chi connectivity index (χ2n) is 4.85. The fourth-order valence-corrected chi connectivity index (χ4v) is 3.95. The van der Waals surface area contributed by atoms with Gasteiger partial charge in [0.25, 0.3) is 0 Å². The summed E-state index contributed by atoms with van der Waals surface area (Å²) in [5.41, 5.74) is 0.925. The van der Waals surface area contributed by atoms with Crippen molar-refractivity contribution in [3.8, 4) is 0 Å². The van der Waals surface area contributed by atoms with Gasteiger partial charge in [0.05, 0.1) is 4.90 Å². The van der Waals surface area contributed by atoms with Crippen LogP contribution in [-0.4, -0.2) is 21.0 Å². The van der Waals surface area contributed by atoms with Crippen molar-refractivity contribution in [1.82, 2.24) is 4.72 Å². The van der Waals surface area contributed by atoms with Gasteiger partial charge in [-0.2, -0.15) is 0 Å². The Balaban J connectivity index is 1.99. The summed E-state index contributed by atoms with van der Waals surface area (Å²) in [6.07, 6.45) is 0.953. The van der Waals surface area contributed by atoms with E-state index >= 15 is 0 Å². The van der Waals surface area contributed by atoms with Gasteiger partial charge in [0.2, 0.25) is 10.0 Å². The lowest BCUT2D eigenvalue weighted by Gasteiger charge is -2.15. The monoisotopic (exact) mass is 324 g/mol. The predicted octanol–water partition coefficient (Wildman–Crippen LogP) is 3.09. The molecule has 0 bridgehead atoms. The first-order chi connectivity index (χ1) is 10.0. The average molecular weight is 324 g/mol. The summed E-state index contributed by atoms with van der Waals surface area (Å²) in [6.45, 7) is 4.27. The summed E-state index contributed by atoms with van der Waals surface area (Å²) in [5.74, 6) is 0. The summed E-state index contributed by atoms with van der Waals surface area (Å²) in [5, 5.41) is 5.45. The maximum absolute atomic E-state index is 11.8. The van der Waals surface area contributed by atoms with Gasteiger partial charge in [0.15, 0.2) is 0 Å². The molecule has 4 nitrogen and oxygen atoms in total. The molecule has 2 rings (SSSR count). The minimum atomic E-state index is -3.37. The Labute approximate surface area is 130 Å². The van der Waals surface area contributed by atoms with Gasteiger partial charge in [-0.3, -0.25) is 0 Å². The normalized spacial score (nSPS) is 13.0. The van der Waals surface area contributed by atoms with E-state index in [1.165, 1.54) is 4.88 Å². The van der Waals surface area contributed by atoms with E-state index in [2.05, 4.69) is 28.4 Å². The van der Waals surface area contributed by atoms with Gasteiger partial charge in [-0.15, -0.1) is 11.3 Å². The number of hydrogen-bond acceptors (Lipinski definition) is 4. The maximum atomic E-state index is 11.8. The third-order valence-corrected chi connectivity index (χ3v) is 5.46. The molecule has 1 heterocycles. The molecule has 0 fully saturated rings. The third kappa shape index (κ3) is 4.56. The Morgan fingerprint density at radius 3 is 2.48 bits per heavy atom. The van der Waals surface area contributed by atoms with Gasteiger partial charge in [-0.1, -0.05) is 13.0 Å². The number of anilines is 1. The van der Waals surface area contributed by atoms with E-state index in [0.29, 0.717) is 17.5 Å². The minimum absolute atomic E-state index is 0.292. The van der Waals surface area contributed by atoms with Crippen LogP contribution in [-0.2, 0) is 16.4 Å². The van der Waals surface area contributed by atoms with E-state index in [4.69, 9.17) is 0 Å². The van der Waals surface area contributed by atoms with Crippen molar-refractivity contribution in [2.75, 3.05) is 11.9 Å². The van der Waals surface area contributed by atoms with Crippen molar-refractivity contribution in [3.05, 3.63) is 46.7 Å². The van der Waals surface area contributed by atoms with E-state index in [-0.39, 0.29) is 0 Å². The molecule has 0 saturated carbocycles. The first kappa shape index (κ1) is 16.0. The highest BCUT2D eigenvalue weighted by atomic mass is 32.2. The van der Waals surface area contributed by atoms with Gasteiger partial charge in [0, 0.05) is 29.6 Å². The summed E-state index contributed by atoms with van der Waals surface area (Å²) in [7, 11) is -3.37. The van der Waals surface area contributed by atoms with Crippen LogP contribution < -0.4 is 10.0 Å². The van der Waals surface area contributed by atoms with Crippen LogP contribution in [0.3, 0.4) is 0 Å². The van der Waals surface area contributed by atoms with E-state index in [0.717, 1.165) is 12.1 Å². The topological polar surface area (TPSA) is 58.2 Å². The minimum Gasteiger partial charge on any atom is -0.382 e. The molecule has 0 aliphatic rings. The molecule has 0 amide bonds. The SMILES string of the molecule is CCNS(=O)(=O)c1ccc(NC(C)Cc2cccs2)cc1. The van der Waals surface area contributed by atoms with Gasteiger partial charge >= 0.3 is 0 Å². The Bertz CT molecular complexity index is 649. The average Bonchev–Trinajstić information content (AvgIpc) is 2.92. The molecule has 6 heteroatoms. The Morgan fingerprint density at radius 2 is 1.90 bits per heavy atom.